The van der Waals surface area contributed by atoms with E-state index in [0.29, 0.717) is 0 Å². The Morgan fingerprint density at radius 3 is 2.48 bits per heavy atom. The number of hydrogen-bond donors (Lipinski definition) is 2. The predicted molar refractivity (Wildman–Crippen MR) is 71.9 cm³/mol. The van der Waals surface area contributed by atoms with Crippen molar-refractivity contribution in [3.05, 3.63) is 33.6 Å². The van der Waals surface area contributed by atoms with E-state index in [-0.39, 0.29) is 15.6 Å². The zero-order valence-corrected chi connectivity index (χ0v) is 12.2. The van der Waals surface area contributed by atoms with Gasteiger partial charge in [-0.2, -0.15) is 0 Å². The molecule has 1 amide bonds. The van der Waals surface area contributed by atoms with E-state index in [9.17, 15) is 18.8 Å². The molecule has 0 unspecified atom stereocenters. The molecule has 114 valence electrons. The summed E-state index contributed by atoms with van der Waals surface area (Å²) < 4.78 is 17.6. The van der Waals surface area contributed by atoms with E-state index in [1.54, 1.807) is 0 Å². The molecule has 9 heteroatoms. The molecule has 2 N–H and O–H groups in total. The average molecular weight is 338 g/mol. The standard InChI is InChI=1S/C12H10Cl2FNO5/c1-21-10(17)4-9(12(19)20)16-11(18)5-2-8(15)7(14)3-6(5)13/h2-3,9H,4H2,1H3,(H,16,18)(H,19,20)/t9-/m0/s1. The van der Waals surface area contributed by atoms with Crippen LogP contribution < -0.4 is 5.32 Å². The summed E-state index contributed by atoms with van der Waals surface area (Å²) in [7, 11) is 1.08. The van der Waals surface area contributed by atoms with Gasteiger partial charge in [-0.25, -0.2) is 9.18 Å². The van der Waals surface area contributed by atoms with Crippen molar-refractivity contribution < 1.29 is 28.6 Å². The monoisotopic (exact) mass is 337 g/mol. The highest BCUT2D eigenvalue weighted by Crippen LogP contribution is 2.24. The van der Waals surface area contributed by atoms with Crippen LogP contribution in [0.5, 0.6) is 0 Å². The molecule has 0 saturated heterocycles. The van der Waals surface area contributed by atoms with Gasteiger partial charge in [-0.05, 0) is 12.1 Å². The van der Waals surface area contributed by atoms with E-state index in [2.05, 4.69) is 10.1 Å². The topological polar surface area (TPSA) is 92.7 Å². The molecule has 0 saturated carbocycles. The van der Waals surface area contributed by atoms with Crippen molar-refractivity contribution in [1.29, 1.82) is 0 Å². The third-order valence-electron chi connectivity index (χ3n) is 2.46. The Balaban J connectivity index is 2.95. The molecule has 6 nitrogen and oxygen atoms in total. The minimum atomic E-state index is -1.53. The zero-order chi connectivity index (χ0) is 16.2. The van der Waals surface area contributed by atoms with Gasteiger partial charge in [0.1, 0.15) is 11.9 Å². The van der Waals surface area contributed by atoms with Crippen molar-refractivity contribution in [2.24, 2.45) is 0 Å². The lowest BCUT2D eigenvalue weighted by Crippen LogP contribution is -2.42. The number of benzene rings is 1. The number of rotatable bonds is 5. The number of methoxy groups -OCH3 is 1. The Bertz CT molecular complexity index is 593. The van der Waals surface area contributed by atoms with Crippen molar-refractivity contribution in [1.82, 2.24) is 5.32 Å². The van der Waals surface area contributed by atoms with Crippen LogP contribution in [0.4, 0.5) is 4.39 Å². The fourth-order valence-electron chi connectivity index (χ4n) is 1.38. The van der Waals surface area contributed by atoms with Gasteiger partial charge in [-0.3, -0.25) is 9.59 Å². The van der Waals surface area contributed by atoms with Crippen LogP contribution in [0.25, 0.3) is 0 Å². The number of carbonyl (C=O) groups excluding carboxylic acids is 2. The molecule has 0 fully saturated rings. The third-order valence-corrected chi connectivity index (χ3v) is 3.06. The fourth-order valence-corrected chi connectivity index (χ4v) is 1.85. The fraction of sp³-hybridized carbons (Fsp3) is 0.250. The van der Waals surface area contributed by atoms with E-state index in [1.165, 1.54) is 0 Å². The van der Waals surface area contributed by atoms with Gasteiger partial charge in [0.2, 0.25) is 0 Å². The molecule has 0 radical (unpaired) electrons. The van der Waals surface area contributed by atoms with Crippen LogP contribution in [0.3, 0.4) is 0 Å². The second kappa shape index (κ2) is 7.24. The molecule has 1 aromatic carbocycles. The number of carboxylic acid groups (broad SMARTS) is 1. The molecule has 0 aliphatic heterocycles. The Morgan fingerprint density at radius 2 is 1.95 bits per heavy atom. The largest absolute Gasteiger partial charge is 0.480 e. The number of nitrogens with one attached hydrogen (secondary N) is 1. The maximum Gasteiger partial charge on any atom is 0.326 e. The van der Waals surface area contributed by atoms with E-state index in [4.69, 9.17) is 28.3 Å². The molecule has 1 rings (SSSR count). The molecule has 1 aromatic rings. The van der Waals surface area contributed by atoms with Crippen LogP contribution in [-0.2, 0) is 14.3 Å². The molecule has 1 atom stereocenters. The van der Waals surface area contributed by atoms with Crippen molar-refractivity contribution in [3.63, 3.8) is 0 Å². The number of hydrogen-bond acceptors (Lipinski definition) is 4. The van der Waals surface area contributed by atoms with Gasteiger partial charge in [-0.1, -0.05) is 23.2 Å². The summed E-state index contributed by atoms with van der Waals surface area (Å²) in [6.45, 7) is 0. The first-order valence-corrected chi connectivity index (χ1v) is 6.27. The summed E-state index contributed by atoms with van der Waals surface area (Å²) in [5.74, 6) is -4.10. The molecule has 0 aromatic heterocycles. The number of esters is 1. The zero-order valence-electron chi connectivity index (χ0n) is 10.7. The van der Waals surface area contributed by atoms with Crippen LogP contribution in [0.1, 0.15) is 16.8 Å². The molecule has 0 heterocycles. The normalized spacial score (nSPS) is 11.6. The first-order valence-electron chi connectivity index (χ1n) is 5.51. The molecular formula is C12H10Cl2FNO5. The lowest BCUT2D eigenvalue weighted by molar-refractivity contribution is -0.147. The lowest BCUT2D eigenvalue weighted by atomic mass is 10.1. The van der Waals surface area contributed by atoms with Crippen molar-refractivity contribution >= 4 is 41.0 Å². The van der Waals surface area contributed by atoms with Crippen LogP contribution in [0.15, 0.2) is 12.1 Å². The second-order valence-electron chi connectivity index (χ2n) is 3.89. The molecule has 0 aliphatic rings. The van der Waals surface area contributed by atoms with Crippen molar-refractivity contribution in [2.45, 2.75) is 12.5 Å². The highest BCUT2D eigenvalue weighted by Gasteiger charge is 2.25. The first kappa shape index (κ1) is 17.2. The second-order valence-corrected chi connectivity index (χ2v) is 4.71. The van der Waals surface area contributed by atoms with Crippen LogP contribution in [0, 0.1) is 5.82 Å². The van der Waals surface area contributed by atoms with Gasteiger partial charge >= 0.3 is 11.9 Å². The van der Waals surface area contributed by atoms with Crippen molar-refractivity contribution in [3.8, 4) is 0 Å². The SMILES string of the molecule is COC(=O)C[C@H](NC(=O)c1cc(F)c(Cl)cc1Cl)C(=O)O. The Kier molecular flexibility index (Phi) is 5.92. The van der Waals surface area contributed by atoms with Crippen molar-refractivity contribution in [2.75, 3.05) is 7.11 Å². The summed E-state index contributed by atoms with van der Waals surface area (Å²) in [6.07, 6.45) is -0.578. The minimum Gasteiger partial charge on any atom is -0.480 e. The number of halogens is 3. The summed E-state index contributed by atoms with van der Waals surface area (Å²) >= 11 is 11.2. The Hall–Kier alpha value is -1.86. The number of carbonyl (C=O) groups is 3. The summed E-state index contributed by atoms with van der Waals surface area (Å²) in [4.78, 5) is 33.9. The Labute approximate surface area is 128 Å². The van der Waals surface area contributed by atoms with Gasteiger partial charge in [0.05, 0.1) is 29.1 Å². The summed E-state index contributed by atoms with van der Waals surface area (Å²) in [5, 5.41) is 10.6. The van der Waals surface area contributed by atoms with E-state index in [1.807, 2.05) is 0 Å². The molecular weight excluding hydrogens is 328 g/mol. The predicted octanol–water partition coefficient (Wildman–Crippen LogP) is 1.88. The number of aliphatic carboxylic acids is 1. The smallest absolute Gasteiger partial charge is 0.326 e. The van der Waals surface area contributed by atoms with Gasteiger partial charge in [0.25, 0.3) is 5.91 Å². The maximum atomic E-state index is 13.3. The summed E-state index contributed by atoms with van der Waals surface area (Å²) in [6, 6.07) is 0.264. The number of carboxylic acids is 1. The van der Waals surface area contributed by atoms with Gasteiger partial charge in [0, 0.05) is 0 Å². The van der Waals surface area contributed by atoms with E-state index in [0.717, 1.165) is 19.2 Å². The summed E-state index contributed by atoms with van der Waals surface area (Å²) in [5.41, 5.74) is -0.297. The van der Waals surface area contributed by atoms with Gasteiger partial charge < -0.3 is 15.2 Å². The van der Waals surface area contributed by atoms with Gasteiger partial charge in [0.15, 0.2) is 0 Å². The lowest BCUT2D eigenvalue weighted by Gasteiger charge is -2.14. The average Bonchev–Trinajstić information content (AvgIpc) is 2.41. The number of ether oxygens (including phenoxy) is 1. The maximum absolute atomic E-state index is 13.3. The van der Waals surface area contributed by atoms with E-state index >= 15 is 0 Å². The third kappa shape index (κ3) is 4.57. The molecule has 0 bridgehead atoms. The molecule has 21 heavy (non-hydrogen) atoms. The highest BCUT2D eigenvalue weighted by atomic mass is 35.5. The minimum absolute atomic E-state index is 0.152. The quantitative estimate of drug-likeness (QED) is 0.632. The van der Waals surface area contributed by atoms with Crippen LogP contribution in [0.2, 0.25) is 10.0 Å². The Morgan fingerprint density at radius 1 is 1.33 bits per heavy atom. The van der Waals surface area contributed by atoms with E-state index < -0.39 is 36.1 Å². The molecule has 0 spiro atoms. The first-order chi connectivity index (χ1) is 9.76. The molecule has 0 aliphatic carbocycles. The van der Waals surface area contributed by atoms with Gasteiger partial charge in [-0.15, -0.1) is 0 Å². The van der Waals surface area contributed by atoms with Crippen LogP contribution >= 0.6 is 23.2 Å². The highest BCUT2D eigenvalue weighted by molar-refractivity contribution is 6.36. The van der Waals surface area contributed by atoms with Crippen LogP contribution in [-0.4, -0.2) is 36.1 Å². The number of amides is 1.